The average molecular weight is 168 g/mol. The third-order valence-corrected chi connectivity index (χ3v) is 1.64. The summed E-state index contributed by atoms with van der Waals surface area (Å²) in [7, 11) is 0. The minimum Gasteiger partial charge on any atom is -0.353 e. The van der Waals surface area contributed by atoms with Crippen molar-refractivity contribution in [1.29, 1.82) is 5.26 Å². The van der Waals surface area contributed by atoms with Gasteiger partial charge in [0.05, 0.1) is 6.07 Å². The maximum atomic E-state index is 10.9. The van der Waals surface area contributed by atoms with Crippen molar-refractivity contribution in [2.75, 3.05) is 0 Å². The topological polar surface area (TPSA) is 52.9 Å². The second kappa shape index (κ2) is 6.66. The molecule has 1 amide bonds. The van der Waals surface area contributed by atoms with Gasteiger partial charge in [-0.05, 0) is 13.3 Å². The van der Waals surface area contributed by atoms with Crippen LogP contribution >= 0.6 is 0 Å². The van der Waals surface area contributed by atoms with E-state index in [0.29, 0.717) is 0 Å². The van der Waals surface area contributed by atoms with Crippen LogP contribution in [0.1, 0.15) is 39.5 Å². The van der Waals surface area contributed by atoms with Gasteiger partial charge >= 0.3 is 0 Å². The highest BCUT2D eigenvalue weighted by Gasteiger charge is 2.04. The Bertz CT molecular complexity index is 172. The molecular weight excluding hydrogens is 152 g/mol. The lowest BCUT2D eigenvalue weighted by Gasteiger charge is -2.11. The molecular formula is C9H16N2O. The summed E-state index contributed by atoms with van der Waals surface area (Å²) in [5, 5.41) is 11.0. The van der Waals surface area contributed by atoms with E-state index in [1.165, 1.54) is 0 Å². The first-order chi connectivity index (χ1) is 5.70. The van der Waals surface area contributed by atoms with Gasteiger partial charge in [0, 0.05) is 6.04 Å². The van der Waals surface area contributed by atoms with E-state index in [1.54, 1.807) is 0 Å². The summed E-state index contributed by atoms with van der Waals surface area (Å²) in [6.45, 7) is 4.08. The number of carbonyl (C=O) groups is 1. The molecule has 68 valence electrons. The van der Waals surface area contributed by atoms with Crippen molar-refractivity contribution in [2.24, 2.45) is 0 Å². The molecule has 0 aromatic heterocycles. The zero-order chi connectivity index (χ0) is 9.40. The maximum absolute atomic E-state index is 10.9. The van der Waals surface area contributed by atoms with Crippen LogP contribution in [-0.2, 0) is 4.79 Å². The molecule has 0 radical (unpaired) electrons. The van der Waals surface area contributed by atoms with E-state index in [9.17, 15) is 4.79 Å². The van der Waals surface area contributed by atoms with Crippen LogP contribution in [0.15, 0.2) is 0 Å². The summed E-state index contributed by atoms with van der Waals surface area (Å²) in [5.41, 5.74) is 0. The Morgan fingerprint density at radius 1 is 1.67 bits per heavy atom. The lowest BCUT2D eigenvalue weighted by molar-refractivity contribution is -0.120. The number of nitriles is 1. The van der Waals surface area contributed by atoms with Crippen molar-refractivity contribution < 1.29 is 4.79 Å². The van der Waals surface area contributed by atoms with E-state index >= 15 is 0 Å². The molecule has 0 spiro atoms. The van der Waals surface area contributed by atoms with Crippen LogP contribution in [0, 0.1) is 11.3 Å². The van der Waals surface area contributed by atoms with E-state index < -0.39 is 0 Å². The molecule has 0 unspecified atom stereocenters. The van der Waals surface area contributed by atoms with Crippen molar-refractivity contribution in [3.63, 3.8) is 0 Å². The molecule has 0 heterocycles. The van der Waals surface area contributed by atoms with Crippen molar-refractivity contribution in [3.05, 3.63) is 0 Å². The first-order valence-electron chi connectivity index (χ1n) is 4.37. The molecule has 1 atom stereocenters. The van der Waals surface area contributed by atoms with Crippen LogP contribution in [0.3, 0.4) is 0 Å². The molecule has 0 saturated carbocycles. The summed E-state index contributed by atoms with van der Waals surface area (Å²) < 4.78 is 0. The molecule has 0 rings (SSSR count). The Morgan fingerprint density at radius 3 is 2.83 bits per heavy atom. The number of hydrogen-bond acceptors (Lipinski definition) is 2. The molecule has 12 heavy (non-hydrogen) atoms. The molecule has 1 N–H and O–H groups in total. The molecule has 0 aliphatic heterocycles. The Balaban J connectivity index is 3.48. The van der Waals surface area contributed by atoms with Crippen LogP contribution in [-0.4, -0.2) is 11.9 Å². The fraction of sp³-hybridized carbons (Fsp3) is 0.778. The third kappa shape index (κ3) is 5.72. The van der Waals surface area contributed by atoms with Gasteiger partial charge in [-0.3, -0.25) is 4.79 Å². The SMILES string of the molecule is CCCC[C@@H](C)NC(=O)CC#N. The first kappa shape index (κ1) is 11.0. The maximum Gasteiger partial charge on any atom is 0.234 e. The molecule has 0 aliphatic rings. The van der Waals surface area contributed by atoms with E-state index in [1.807, 2.05) is 13.0 Å². The van der Waals surface area contributed by atoms with Crippen LogP contribution in [0.4, 0.5) is 0 Å². The molecule has 0 bridgehead atoms. The summed E-state index contributed by atoms with van der Waals surface area (Å²) in [6, 6.07) is 2.02. The molecule has 3 nitrogen and oxygen atoms in total. The van der Waals surface area contributed by atoms with Gasteiger partial charge in [0.15, 0.2) is 0 Å². The van der Waals surface area contributed by atoms with Crippen LogP contribution in [0.5, 0.6) is 0 Å². The van der Waals surface area contributed by atoms with Gasteiger partial charge in [-0.1, -0.05) is 19.8 Å². The Hall–Kier alpha value is -1.04. The number of unbranched alkanes of at least 4 members (excludes halogenated alkanes) is 1. The van der Waals surface area contributed by atoms with Gasteiger partial charge in [0.1, 0.15) is 6.42 Å². The number of nitrogens with zero attached hydrogens (tertiary/aromatic N) is 1. The minimum absolute atomic E-state index is 0.0313. The Kier molecular flexibility index (Phi) is 6.08. The summed E-state index contributed by atoms with van der Waals surface area (Å²) >= 11 is 0. The van der Waals surface area contributed by atoms with E-state index in [0.717, 1.165) is 19.3 Å². The zero-order valence-electron chi connectivity index (χ0n) is 7.76. The summed E-state index contributed by atoms with van der Waals surface area (Å²) in [4.78, 5) is 10.9. The predicted octanol–water partition coefficient (Wildman–Crippen LogP) is 1.59. The smallest absolute Gasteiger partial charge is 0.234 e. The van der Waals surface area contributed by atoms with Crippen molar-refractivity contribution in [3.8, 4) is 6.07 Å². The van der Waals surface area contributed by atoms with Gasteiger partial charge in [-0.15, -0.1) is 0 Å². The van der Waals surface area contributed by atoms with Crippen molar-refractivity contribution in [1.82, 2.24) is 5.32 Å². The summed E-state index contributed by atoms with van der Waals surface area (Å²) in [5.74, 6) is -0.166. The molecule has 0 aromatic rings. The van der Waals surface area contributed by atoms with Gasteiger partial charge in [0.2, 0.25) is 5.91 Å². The Morgan fingerprint density at radius 2 is 2.33 bits per heavy atom. The molecule has 0 fully saturated rings. The standard InChI is InChI=1S/C9H16N2O/c1-3-4-5-8(2)11-9(12)6-7-10/h8H,3-6H2,1-2H3,(H,11,12)/t8-/m1/s1. The van der Waals surface area contributed by atoms with Crippen LogP contribution < -0.4 is 5.32 Å². The lowest BCUT2D eigenvalue weighted by Crippen LogP contribution is -2.31. The first-order valence-corrected chi connectivity index (χ1v) is 4.37. The van der Waals surface area contributed by atoms with Gasteiger partial charge in [0.25, 0.3) is 0 Å². The van der Waals surface area contributed by atoms with Crippen molar-refractivity contribution >= 4 is 5.91 Å². The number of hydrogen-bond donors (Lipinski definition) is 1. The van der Waals surface area contributed by atoms with Crippen LogP contribution in [0.2, 0.25) is 0 Å². The lowest BCUT2D eigenvalue weighted by atomic mass is 10.1. The van der Waals surface area contributed by atoms with Gasteiger partial charge in [-0.25, -0.2) is 0 Å². The van der Waals surface area contributed by atoms with Crippen LogP contribution in [0.25, 0.3) is 0 Å². The predicted molar refractivity (Wildman–Crippen MR) is 47.4 cm³/mol. The van der Waals surface area contributed by atoms with E-state index in [-0.39, 0.29) is 18.4 Å². The average Bonchev–Trinajstić information content (AvgIpc) is 2.01. The second-order valence-electron chi connectivity index (χ2n) is 2.95. The highest BCUT2D eigenvalue weighted by molar-refractivity contribution is 5.78. The van der Waals surface area contributed by atoms with E-state index in [2.05, 4.69) is 12.2 Å². The molecule has 3 heteroatoms. The highest BCUT2D eigenvalue weighted by atomic mass is 16.1. The van der Waals surface area contributed by atoms with E-state index in [4.69, 9.17) is 5.26 Å². The summed E-state index contributed by atoms with van der Waals surface area (Å²) in [6.07, 6.45) is 3.22. The monoisotopic (exact) mass is 168 g/mol. The highest BCUT2D eigenvalue weighted by Crippen LogP contribution is 1.99. The fourth-order valence-electron chi connectivity index (χ4n) is 0.980. The third-order valence-electron chi connectivity index (χ3n) is 1.64. The fourth-order valence-corrected chi connectivity index (χ4v) is 0.980. The number of rotatable bonds is 5. The number of amides is 1. The number of nitrogens with one attached hydrogen (secondary N) is 1. The molecule has 0 aliphatic carbocycles. The van der Waals surface area contributed by atoms with Gasteiger partial charge < -0.3 is 5.32 Å². The largest absolute Gasteiger partial charge is 0.353 e. The molecule has 0 saturated heterocycles. The minimum atomic E-state index is -0.166. The number of carbonyl (C=O) groups excluding carboxylic acids is 1. The Labute approximate surface area is 73.8 Å². The van der Waals surface area contributed by atoms with Gasteiger partial charge in [-0.2, -0.15) is 5.26 Å². The molecule has 0 aromatic carbocycles. The normalized spacial score (nSPS) is 11.8. The zero-order valence-corrected chi connectivity index (χ0v) is 7.76. The quantitative estimate of drug-likeness (QED) is 0.677. The van der Waals surface area contributed by atoms with Crippen molar-refractivity contribution in [2.45, 2.75) is 45.6 Å². The second-order valence-corrected chi connectivity index (χ2v) is 2.95.